The smallest absolute Gasteiger partial charge is 0.259 e. The molecule has 3 nitrogen and oxygen atoms in total. The lowest BCUT2D eigenvalue weighted by Crippen LogP contribution is -2.13. The number of hydrogen-bond donors (Lipinski definition) is 1. The molecule has 0 atom stereocenters. The van der Waals surface area contributed by atoms with Crippen LogP contribution in [0.4, 0.5) is 5.69 Å². The van der Waals surface area contributed by atoms with E-state index in [1.54, 1.807) is 18.2 Å². The zero-order valence-electron chi connectivity index (χ0n) is 10.8. The number of ether oxygens (including phenoxy) is 1. The van der Waals surface area contributed by atoms with Crippen molar-refractivity contribution in [3.63, 3.8) is 0 Å². The molecule has 2 aromatic rings. The summed E-state index contributed by atoms with van der Waals surface area (Å²) >= 11 is 9.29. The van der Waals surface area contributed by atoms with Crippen LogP contribution >= 0.6 is 27.5 Å². The Hall–Kier alpha value is -1.52. The number of nitrogens with one attached hydrogen (secondary N) is 1. The highest BCUT2D eigenvalue weighted by Crippen LogP contribution is 2.24. The van der Waals surface area contributed by atoms with Gasteiger partial charge < -0.3 is 10.1 Å². The van der Waals surface area contributed by atoms with Gasteiger partial charge >= 0.3 is 0 Å². The van der Waals surface area contributed by atoms with Crippen LogP contribution in [0, 0.1) is 0 Å². The molecule has 0 saturated heterocycles. The van der Waals surface area contributed by atoms with Gasteiger partial charge in [0.1, 0.15) is 5.75 Å². The van der Waals surface area contributed by atoms with Crippen molar-refractivity contribution < 1.29 is 9.53 Å². The zero-order chi connectivity index (χ0) is 14.5. The van der Waals surface area contributed by atoms with Crippen LogP contribution in [-0.4, -0.2) is 12.5 Å². The molecule has 5 heteroatoms. The normalized spacial score (nSPS) is 10.2. The fourth-order valence-electron chi connectivity index (χ4n) is 1.69. The van der Waals surface area contributed by atoms with Crippen LogP contribution in [0.15, 0.2) is 46.9 Å². The van der Waals surface area contributed by atoms with Crippen molar-refractivity contribution in [1.29, 1.82) is 0 Å². The lowest BCUT2D eigenvalue weighted by molar-refractivity contribution is 0.102. The van der Waals surface area contributed by atoms with Gasteiger partial charge in [-0.25, -0.2) is 0 Å². The minimum absolute atomic E-state index is 0.252. The zero-order valence-corrected chi connectivity index (χ0v) is 13.2. The molecule has 2 aromatic carbocycles. The van der Waals surface area contributed by atoms with Crippen LogP contribution < -0.4 is 10.1 Å². The SMILES string of the molecule is CCOc1ccc(Cl)cc1C(=O)Nc1ccc(Br)cc1. The molecule has 20 heavy (non-hydrogen) atoms. The Labute approximate surface area is 131 Å². The fraction of sp³-hybridized carbons (Fsp3) is 0.133. The van der Waals surface area contributed by atoms with E-state index in [4.69, 9.17) is 16.3 Å². The van der Waals surface area contributed by atoms with E-state index in [0.717, 1.165) is 4.47 Å². The highest BCUT2D eigenvalue weighted by atomic mass is 79.9. The van der Waals surface area contributed by atoms with Gasteiger partial charge in [-0.3, -0.25) is 4.79 Å². The van der Waals surface area contributed by atoms with Gasteiger partial charge in [0.15, 0.2) is 0 Å². The highest BCUT2D eigenvalue weighted by Gasteiger charge is 2.13. The second kappa shape index (κ2) is 6.77. The van der Waals surface area contributed by atoms with Crippen LogP contribution in [0.25, 0.3) is 0 Å². The van der Waals surface area contributed by atoms with Gasteiger partial charge in [-0.1, -0.05) is 27.5 Å². The average Bonchev–Trinajstić information content (AvgIpc) is 2.43. The molecule has 0 aliphatic heterocycles. The molecular weight excluding hydrogens is 342 g/mol. The van der Waals surface area contributed by atoms with Crippen LogP contribution in [0.1, 0.15) is 17.3 Å². The predicted molar refractivity (Wildman–Crippen MR) is 84.7 cm³/mol. The Kier molecular flexibility index (Phi) is 5.04. The topological polar surface area (TPSA) is 38.3 Å². The summed E-state index contributed by atoms with van der Waals surface area (Å²) in [5.74, 6) is 0.268. The number of carbonyl (C=O) groups is 1. The molecule has 0 radical (unpaired) electrons. The summed E-state index contributed by atoms with van der Waals surface area (Å²) < 4.78 is 6.40. The van der Waals surface area contributed by atoms with E-state index in [1.165, 1.54) is 0 Å². The number of carbonyl (C=O) groups excluding carboxylic acids is 1. The highest BCUT2D eigenvalue weighted by molar-refractivity contribution is 9.10. The van der Waals surface area contributed by atoms with Crippen molar-refractivity contribution in [2.24, 2.45) is 0 Å². The molecule has 104 valence electrons. The standard InChI is InChI=1S/C15H13BrClNO2/c1-2-20-14-8-5-11(17)9-13(14)15(19)18-12-6-3-10(16)4-7-12/h3-9H,2H2,1H3,(H,18,19). The summed E-state index contributed by atoms with van der Waals surface area (Å²) in [5, 5.41) is 3.31. The number of anilines is 1. The molecule has 0 aliphatic rings. The molecular formula is C15H13BrClNO2. The monoisotopic (exact) mass is 353 g/mol. The van der Waals surface area contributed by atoms with E-state index >= 15 is 0 Å². The average molecular weight is 355 g/mol. The Balaban J connectivity index is 2.23. The van der Waals surface area contributed by atoms with Crippen molar-refractivity contribution in [3.8, 4) is 5.75 Å². The molecule has 1 amide bonds. The molecule has 0 aliphatic carbocycles. The van der Waals surface area contributed by atoms with E-state index in [2.05, 4.69) is 21.2 Å². The molecule has 2 rings (SSSR count). The largest absolute Gasteiger partial charge is 0.493 e. The van der Waals surface area contributed by atoms with Crippen LogP contribution in [-0.2, 0) is 0 Å². The van der Waals surface area contributed by atoms with Gasteiger partial charge in [-0.15, -0.1) is 0 Å². The van der Waals surface area contributed by atoms with Gasteiger partial charge in [-0.2, -0.15) is 0 Å². The van der Waals surface area contributed by atoms with Crippen molar-refractivity contribution in [2.75, 3.05) is 11.9 Å². The number of hydrogen-bond acceptors (Lipinski definition) is 2. The Morgan fingerprint density at radius 2 is 1.95 bits per heavy atom. The van der Waals surface area contributed by atoms with Crippen LogP contribution in [0.5, 0.6) is 5.75 Å². The number of benzene rings is 2. The van der Waals surface area contributed by atoms with Crippen LogP contribution in [0.3, 0.4) is 0 Å². The first kappa shape index (κ1) is 14.9. The maximum Gasteiger partial charge on any atom is 0.259 e. The first-order valence-corrected chi connectivity index (χ1v) is 7.26. The maximum atomic E-state index is 12.3. The lowest BCUT2D eigenvalue weighted by atomic mass is 10.2. The summed E-state index contributed by atoms with van der Waals surface area (Å²) in [4.78, 5) is 12.3. The minimum Gasteiger partial charge on any atom is -0.493 e. The molecule has 0 heterocycles. The molecule has 0 saturated carbocycles. The molecule has 0 unspecified atom stereocenters. The van der Waals surface area contributed by atoms with E-state index in [1.807, 2.05) is 31.2 Å². The molecule has 0 aromatic heterocycles. The number of halogens is 2. The summed E-state index contributed by atoms with van der Waals surface area (Å²) in [6, 6.07) is 12.3. The predicted octanol–water partition coefficient (Wildman–Crippen LogP) is 4.75. The summed E-state index contributed by atoms with van der Waals surface area (Å²) in [7, 11) is 0. The van der Waals surface area contributed by atoms with Crippen LogP contribution in [0.2, 0.25) is 5.02 Å². The van der Waals surface area contributed by atoms with Crippen molar-refractivity contribution in [1.82, 2.24) is 0 Å². The number of amides is 1. The van der Waals surface area contributed by atoms with Gasteiger partial charge in [-0.05, 0) is 49.4 Å². The van der Waals surface area contributed by atoms with Gasteiger partial charge in [0.25, 0.3) is 5.91 Å². The van der Waals surface area contributed by atoms with Crippen molar-refractivity contribution in [3.05, 3.63) is 57.5 Å². The summed E-state index contributed by atoms with van der Waals surface area (Å²) in [6.45, 7) is 2.35. The molecule has 0 bridgehead atoms. The molecule has 0 fully saturated rings. The van der Waals surface area contributed by atoms with E-state index in [0.29, 0.717) is 28.6 Å². The Bertz CT molecular complexity index is 614. The minimum atomic E-state index is -0.252. The Morgan fingerprint density at radius 3 is 2.60 bits per heavy atom. The van der Waals surface area contributed by atoms with E-state index in [-0.39, 0.29) is 5.91 Å². The van der Waals surface area contributed by atoms with Crippen molar-refractivity contribution >= 4 is 39.1 Å². The third-order valence-electron chi connectivity index (χ3n) is 2.59. The third kappa shape index (κ3) is 3.74. The second-order valence-electron chi connectivity index (χ2n) is 4.03. The van der Waals surface area contributed by atoms with Gasteiger partial charge in [0.05, 0.1) is 12.2 Å². The summed E-state index contributed by atoms with van der Waals surface area (Å²) in [5.41, 5.74) is 1.13. The Morgan fingerprint density at radius 1 is 1.25 bits per heavy atom. The van der Waals surface area contributed by atoms with E-state index in [9.17, 15) is 4.79 Å². The third-order valence-corrected chi connectivity index (χ3v) is 3.35. The van der Waals surface area contributed by atoms with Gasteiger partial charge in [0.2, 0.25) is 0 Å². The number of rotatable bonds is 4. The summed E-state index contributed by atoms with van der Waals surface area (Å²) in [6.07, 6.45) is 0. The maximum absolute atomic E-state index is 12.3. The van der Waals surface area contributed by atoms with Crippen molar-refractivity contribution in [2.45, 2.75) is 6.92 Å². The second-order valence-corrected chi connectivity index (χ2v) is 5.39. The van der Waals surface area contributed by atoms with Gasteiger partial charge in [0, 0.05) is 15.2 Å². The molecule has 0 spiro atoms. The first-order chi connectivity index (χ1) is 9.60. The van der Waals surface area contributed by atoms with E-state index < -0.39 is 0 Å². The molecule has 1 N–H and O–H groups in total. The quantitative estimate of drug-likeness (QED) is 0.860. The fourth-order valence-corrected chi connectivity index (χ4v) is 2.13. The lowest BCUT2D eigenvalue weighted by Gasteiger charge is -2.11. The first-order valence-electron chi connectivity index (χ1n) is 6.09.